The van der Waals surface area contributed by atoms with E-state index in [2.05, 4.69) is 9.97 Å². The number of nitrogens with zero attached hydrogens (tertiary/aromatic N) is 3. The molecule has 0 unspecified atom stereocenters. The van der Waals surface area contributed by atoms with Crippen molar-refractivity contribution in [2.24, 2.45) is 5.41 Å². The maximum atomic E-state index is 12.1. The molecule has 1 aliphatic rings. The molecule has 1 amide bonds. The Morgan fingerprint density at radius 3 is 2.89 bits per heavy atom. The minimum Gasteiger partial charge on any atom is -0.472 e. The highest BCUT2D eigenvalue weighted by Gasteiger charge is 2.33. The first kappa shape index (κ1) is 12.8. The smallest absolute Gasteiger partial charge is 0.228 e. The van der Waals surface area contributed by atoms with Gasteiger partial charge in [-0.05, 0) is 0 Å². The molecule has 2 heterocycles. The molecule has 1 saturated heterocycles. The van der Waals surface area contributed by atoms with Crippen LogP contribution in [0.5, 0.6) is 5.88 Å². The lowest BCUT2D eigenvalue weighted by Crippen LogP contribution is -2.38. The Balaban J connectivity index is 1.91. The first-order valence-corrected chi connectivity index (χ1v) is 6.19. The van der Waals surface area contributed by atoms with Crippen LogP contribution in [0.15, 0.2) is 18.6 Å². The molecule has 5 nitrogen and oxygen atoms in total. The minimum absolute atomic E-state index is 0.0335. The number of ether oxygens (including phenoxy) is 1. The van der Waals surface area contributed by atoms with Crippen LogP contribution in [0.3, 0.4) is 0 Å². The zero-order valence-corrected chi connectivity index (χ0v) is 11.1. The maximum Gasteiger partial charge on any atom is 0.228 e. The van der Waals surface area contributed by atoms with Crippen LogP contribution in [0.4, 0.5) is 0 Å². The van der Waals surface area contributed by atoms with Crippen LogP contribution in [-0.2, 0) is 4.79 Å². The summed E-state index contributed by atoms with van der Waals surface area (Å²) in [5.41, 5.74) is -0.330. The SMILES string of the molecule is CC(C)(C)C(=O)N1CC[C@H](Oc2ccncn2)C1. The number of hydrogen-bond acceptors (Lipinski definition) is 4. The molecule has 1 aliphatic heterocycles. The second-order valence-corrected chi connectivity index (χ2v) is 5.58. The second kappa shape index (κ2) is 4.92. The number of amides is 1. The van der Waals surface area contributed by atoms with Crippen LogP contribution in [0.25, 0.3) is 0 Å². The Kier molecular flexibility index (Phi) is 3.50. The molecular weight excluding hydrogens is 230 g/mol. The van der Waals surface area contributed by atoms with Gasteiger partial charge in [0.15, 0.2) is 0 Å². The minimum atomic E-state index is -0.330. The summed E-state index contributed by atoms with van der Waals surface area (Å²) in [6, 6.07) is 1.73. The molecule has 0 N–H and O–H groups in total. The fourth-order valence-electron chi connectivity index (χ4n) is 2.00. The van der Waals surface area contributed by atoms with Gasteiger partial charge in [0.2, 0.25) is 11.8 Å². The Morgan fingerprint density at radius 1 is 1.50 bits per heavy atom. The van der Waals surface area contributed by atoms with E-state index in [0.717, 1.165) is 13.0 Å². The average molecular weight is 249 g/mol. The fourth-order valence-corrected chi connectivity index (χ4v) is 2.00. The van der Waals surface area contributed by atoms with E-state index in [-0.39, 0.29) is 17.4 Å². The number of likely N-dealkylation sites (tertiary alicyclic amines) is 1. The number of carbonyl (C=O) groups excluding carboxylic acids is 1. The first-order valence-electron chi connectivity index (χ1n) is 6.19. The van der Waals surface area contributed by atoms with Crippen molar-refractivity contribution >= 4 is 5.91 Å². The van der Waals surface area contributed by atoms with Gasteiger partial charge in [-0.3, -0.25) is 4.79 Å². The zero-order chi connectivity index (χ0) is 13.2. The highest BCUT2D eigenvalue weighted by Crippen LogP contribution is 2.22. The summed E-state index contributed by atoms with van der Waals surface area (Å²) in [6.07, 6.45) is 4.00. The van der Waals surface area contributed by atoms with Crippen molar-refractivity contribution < 1.29 is 9.53 Å². The topological polar surface area (TPSA) is 55.3 Å². The largest absolute Gasteiger partial charge is 0.472 e. The third-order valence-corrected chi connectivity index (χ3v) is 2.92. The van der Waals surface area contributed by atoms with Gasteiger partial charge in [0.25, 0.3) is 0 Å². The standard InChI is InChI=1S/C13H19N3O2/c1-13(2,3)12(17)16-7-5-10(8-16)18-11-4-6-14-9-15-11/h4,6,9-10H,5,7-8H2,1-3H3/t10-/m0/s1. The Morgan fingerprint density at radius 2 is 2.28 bits per heavy atom. The number of hydrogen-bond donors (Lipinski definition) is 0. The van der Waals surface area contributed by atoms with Crippen molar-refractivity contribution in [3.8, 4) is 5.88 Å². The zero-order valence-electron chi connectivity index (χ0n) is 11.1. The molecule has 1 atom stereocenters. The summed E-state index contributed by atoms with van der Waals surface area (Å²) in [4.78, 5) is 21.8. The van der Waals surface area contributed by atoms with Crippen LogP contribution in [-0.4, -0.2) is 40.0 Å². The lowest BCUT2D eigenvalue weighted by molar-refractivity contribution is -0.138. The van der Waals surface area contributed by atoms with E-state index in [4.69, 9.17) is 4.74 Å². The molecular formula is C13H19N3O2. The quantitative estimate of drug-likeness (QED) is 0.797. The van der Waals surface area contributed by atoms with E-state index in [1.165, 1.54) is 6.33 Å². The van der Waals surface area contributed by atoms with Crippen molar-refractivity contribution in [3.63, 3.8) is 0 Å². The molecule has 98 valence electrons. The molecule has 0 aromatic carbocycles. The summed E-state index contributed by atoms with van der Waals surface area (Å²) < 4.78 is 5.72. The molecule has 1 fully saturated rings. The highest BCUT2D eigenvalue weighted by atomic mass is 16.5. The van der Waals surface area contributed by atoms with Gasteiger partial charge in [-0.15, -0.1) is 0 Å². The van der Waals surface area contributed by atoms with Gasteiger partial charge in [-0.25, -0.2) is 9.97 Å². The number of carbonyl (C=O) groups is 1. The summed E-state index contributed by atoms with van der Waals surface area (Å²) >= 11 is 0. The van der Waals surface area contributed by atoms with Crippen LogP contribution < -0.4 is 4.74 Å². The van der Waals surface area contributed by atoms with Crippen molar-refractivity contribution in [1.29, 1.82) is 0 Å². The van der Waals surface area contributed by atoms with Crippen LogP contribution in [0.2, 0.25) is 0 Å². The maximum absolute atomic E-state index is 12.1. The van der Waals surface area contributed by atoms with Gasteiger partial charge in [-0.2, -0.15) is 0 Å². The Bertz CT molecular complexity index is 414. The Labute approximate surface area is 107 Å². The molecule has 1 aromatic heterocycles. The number of aromatic nitrogens is 2. The molecule has 5 heteroatoms. The van der Waals surface area contributed by atoms with Gasteiger partial charge in [0.1, 0.15) is 12.4 Å². The summed E-state index contributed by atoms with van der Waals surface area (Å²) in [7, 11) is 0. The van der Waals surface area contributed by atoms with Crippen molar-refractivity contribution in [2.75, 3.05) is 13.1 Å². The van der Waals surface area contributed by atoms with E-state index < -0.39 is 0 Å². The molecule has 1 aromatic rings. The van der Waals surface area contributed by atoms with Crippen LogP contribution in [0, 0.1) is 5.41 Å². The van der Waals surface area contributed by atoms with Gasteiger partial charge in [0, 0.05) is 30.6 Å². The first-order chi connectivity index (χ1) is 8.47. The third-order valence-electron chi connectivity index (χ3n) is 2.92. The highest BCUT2D eigenvalue weighted by molar-refractivity contribution is 5.81. The molecule has 0 aliphatic carbocycles. The van der Waals surface area contributed by atoms with Crippen molar-refractivity contribution in [1.82, 2.24) is 14.9 Å². The van der Waals surface area contributed by atoms with Gasteiger partial charge >= 0.3 is 0 Å². The van der Waals surface area contributed by atoms with Crippen LogP contribution >= 0.6 is 0 Å². The van der Waals surface area contributed by atoms with Gasteiger partial charge in [-0.1, -0.05) is 20.8 Å². The predicted octanol–water partition coefficient (Wildman–Crippen LogP) is 1.50. The summed E-state index contributed by atoms with van der Waals surface area (Å²) in [6.45, 7) is 7.21. The average Bonchev–Trinajstić information content (AvgIpc) is 2.76. The summed E-state index contributed by atoms with van der Waals surface area (Å²) in [5, 5.41) is 0. The molecule has 2 rings (SSSR count). The van der Waals surface area contributed by atoms with E-state index >= 15 is 0 Å². The predicted molar refractivity (Wildman–Crippen MR) is 67.1 cm³/mol. The summed E-state index contributed by atoms with van der Waals surface area (Å²) in [5.74, 6) is 0.747. The monoisotopic (exact) mass is 249 g/mol. The van der Waals surface area contributed by atoms with Crippen molar-refractivity contribution in [3.05, 3.63) is 18.6 Å². The van der Waals surface area contributed by atoms with Gasteiger partial charge in [0.05, 0.1) is 6.54 Å². The van der Waals surface area contributed by atoms with E-state index in [9.17, 15) is 4.79 Å². The molecule has 0 radical (unpaired) electrons. The lowest BCUT2D eigenvalue weighted by atomic mass is 9.95. The molecule has 18 heavy (non-hydrogen) atoms. The molecule has 0 bridgehead atoms. The second-order valence-electron chi connectivity index (χ2n) is 5.58. The van der Waals surface area contributed by atoms with Crippen molar-refractivity contribution in [2.45, 2.75) is 33.3 Å². The Hall–Kier alpha value is -1.65. The molecule has 0 spiro atoms. The van der Waals surface area contributed by atoms with Crippen LogP contribution in [0.1, 0.15) is 27.2 Å². The van der Waals surface area contributed by atoms with E-state index in [0.29, 0.717) is 12.4 Å². The van der Waals surface area contributed by atoms with E-state index in [1.54, 1.807) is 12.3 Å². The van der Waals surface area contributed by atoms with Gasteiger partial charge < -0.3 is 9.64 Å². The third kappa shape index (κ3) is 2.97. The fraction of sp³-hybridized carbons (Fsp3) is 0.615. The van der Waals surface area contributed by atoms with E-state index in [1.807, 2.05) is 25.7 Å². The lowest BCUT2D eigenvalue weighted by Gasteiger charge is -2.25. The normalized spacial score (nSPS) is 19.9. The number of rotatable bonds is 2. The molecule has 0 saturated carbocycles.